The number of unbranched alkanes of at least 4 members (excludes halogenated alkanes) is 9. The molecule has 0 aromatic heterocycles. The molecule has 0 spiro atoms. The third-order valence-electron chi connectivity index (χ3n) is 11.2. The number of carbonyl (C=O) groups excluding carboxylic acids is 1. The Bertz CT molecular complexity index is 915. The molecule has 8 nitrogen and oxygen atoms in total. The number of cyclic esters (lactones) is 1. The Kier molecular flexibility index (Phi) is 16.3. The van der Waals surface area contributed by atoms with E-state index in [2.05, 4.69) is 6.92 Å². The second-order valence-electron chi connectivity index (χ2n) is 15.0. The zero-order valence-corrected chi connectivity index (χ0v) is 29.7. The Balaban J connectivity index is 0.895. The van der Waals surface area contributed by atoms with Crippen LogP contribution in [-0.4, -0.2) is 74.5 Å². The minimum Gasteiger partial charge on any atom is -0.455 e. The summed E-state index contributed by atoms with van der Waals surface area (Å²) in [5.74, 6) is -0.113. The van der Waals surface area contributed by atoms with Crippen molar-refractivity contribution in [3.63, 3.8) is 0 Å². The molecule has 0 aromatic rings. The van der Waals surface area contributed by atoms with Crippen molar-refractivity contribution in [2.75, 3.05) is 13.6 Å². The summed E-state index contributed by atoms with van der Waals surface area (Å²) in [5, 5.41) is 0. The van der Waals surface area contributed by atoms with Gasteiger partial charge in [0.1, 0.15) is 19.7 Å². The summed E-state index contributed by atoms with van der Waals surface area (Å²) < 4.78 is 43.1. The van der Waals surface area contributed by atoms with Gasteiger partial charge in [-0.1, -0.05) is 71.1 Å². The van der Waals surface area contributed by atoms with Crippen molar-refractivity contribution in [2.24, 2.45) is 0 Å². The van der Waals surface area contributed by atoms with Gasteiger partial charge in [-0.2, -0.15) is 0 Å². The lowest BCUT2D eigenvalue weighted by atomic mass is 9.98. The van der Waals surface area contributed by atoms with Gasteiger partial charge < -0.3 is 33.2 Å². The number of esters is 1. The van der Waals surface area contributed by atoms with Crippen LogP contribution >= 0.6 is 0 Å². The predicted molar refractivity (Wildman–Crippen MR) is 182 cm³/mol. The summed E-state index contributed by atoms with van der Waals surface area (Å²) in [5.41, 5.74) is 0.873. The highest BCUT2D eigenvalue weighted by Gasteiger charge is 2.40. The molecule has 5 heterocycles. The summed E-state index contributed by atoms with van der Waals surface area (Å²) in [7, 11) is 0. The molecule has 5 rings (SSSR count). The van der Waals surface area contributed by atoms with Crippen LogP contribution in [0.15, 0.2) is 11.6 Å². The van der Waals surface area contributed by atoms with Crippen molar-refractivity contribution in [3.8, 4) is 0 Å². The summed E-state index contributed by atoms with van der Waals surface area (Å²) in [6.07, 6.45) is 29.9. The van der Waals surface area contributed by atoms with Crippen LogP contribution in [0.25, 0.3) is 0 Å². The van der Waals surface area contributed by atoms with E-state index < -0.39 is 0 Å². The Morgan fingerprint density at radius 1 is 0.574 bits per heavy atom. The SMILES string of the molecule is CCCCCC[C@H]1CCC[C@@H]([C@H]2CC[C@H]([C@H]3CC[C@@H]([C@@H]4CC[C@@H](CCCCCCCCCC5=C[C@H](C)OC5=O)O4)OCO3)O2)OCO1. The molecule has 0 bridgehead atoms. The average molecular weight is 663 g/mol. The van der Waals surface area contributed by atoms with Gasteiger partial charge in [-0.25, -0.2) is 4.79 Å². The van der Waals surface area contributed by atoms with E-state index in [4.69, 9.17) is 33.2 Å². The number of hydrogen-bond acceptors (Lipinski definition) is 8. The third-order valence-corrected chi connectivity index (χ3v) is 11.2. The first-order valence-electron chi connectivity index (χ1n) is 19.8. The normalized spacial score (nSPS) is 35.3. The van der Waals surface area contributed by atoms with E-state index in [0.717, 1.165) is 89.0 Å². The van der Waals surface area contributed by atoms with Crippen molar-refractivity contribution in [1.29, 1.82) is 0 Å². The van der Waals surface area contributed by atoms with Gasteiger partial charge in [-0.05, 0) is 96.5 Å². The molecule has 270 valence electrons. The molecule has 0 radical (unpaired) electrons. The second-order valence-corrected chi connectivity index (χ2v) is 15.0. The maximum Gasteiger partial charge on any atom is 0.334 e. The fourth-order valence-corrected chi connectivity index (χ4v) is 8.39. The molecule has 4 fully saturated rings. The first-order chi connectivity index (χ1) is 23.1. The Morgan fingerprint density at radius 3 is 1.81 bits per heavy atom. The van der Waals surface area contributed by atoms with Crippen molar-refractivity contribution < 1.29 is 38.0 Å². The summed E-state index contributed by atoms with van der Waals surface area (Å²) >= 11 is 0. The molecule has 9 atom stereocenters. The Labute approximate surface area is 285 Å². The second kappa shape index (κ2) is 20.6. The maximum absolute atomic E-state index is 11.7. The van der Waals surface area contributed by atoms with Crippen LogP contribution in [0.4, 0.5) is 0 Å². The quantitative estimate of drug-likeness (QED) is 0.106. The monoisotopic (exact) mass is 662 g/mol. The van der Waals surface area contributed by atoms with E-state index >= 15 is 0 Å². The number of ether oxygens (including phenoxy) is 7. The molecular weight excluding hydrogens is 596 g/mol. The van der Waals surface area contributed by atoms with Gasteiger partial charge in [0.2, 0.25) is 0 Å². The highest BCUT2D eigenvalue weighted by molar-refractivity contribution is 5.90. The van der Waals surface area contributed by atoms with Crippen LogP contribution in [0.1, 0.15) is 162 Å². The van der Waals surface area contributed by atoms with Crippen molar-refractivity contribution in [3.05, 3.63) is 11.6 Å². The molecular formula is C39H66O8. The maximum atomic E-state index is 11.7. The predicted octanol–water partition coefficient (Wildman–Crippen LogP) is 8.87. The fourth-order valence-electron chi connectivity index (χ4n) is 8.39. The lowest BCUT2D eigenvalue weighted by Crippen LogP contribution is -2.35. The molecule has 4 saturated heterocycles. The highest BCUT2D eigenvalue weighted by Crippen LogP contribution is 2.35. The van der Waals surface area contributed by atoms with Crippen molar-refractivity contribution >= 4 is 5.97 Å². The summed E-state index contributed by atoms with van der Waals surface area (Å²) in [6, 6.07) is 0. The highest BCUT2D eigenvalue weighted by atomic mass is 16.7. The average Bonchev–Trinajstić information content (AvgIpc) is 3.76. The number of hydrogen-bond donors (Lipinski definition) is 0. The summed E-state index contributed by atoms with van der Waals surface area (Å²) in [4.78, 5) is 11.7. The van der Waals surface area contributed by atoms with Crippen LogP contribution in [0, 0.1) is 0 Å². The standard InChI is InChI=1S/C39H66O8/c1-3-4-5-12-16-31-18-14-19-33(42-27-41-31)37-24-25-38(47-37)35-23-22-34(43-28-44-35)36-21-20-32(46-36)17-13-10-8-6-7-9-11-15-30-26-29(2)45-39(30)40/h26,29,31-38H,3-25,27-28H2,1-2H3/t29-,31-,32+,33-,34-,35+,36-,37+,38+/m0/s1. The van der Waals surface area contributed by atoms with Gasteiger partial charge in [0.05, 0.1) is 48.8 Å². The number of carbonyl (C=O) groups is 1. The first-order valence-corrected chi connectivity index (χ1v) is 19.8. The van der Waals surface area contributed by atoms with E-state index in [9.17, 15) is 4.79 Å². The molecule has 0 aromatic carbocycles. The summed E-state index contributed by atoms with van der Waals surface area (Å²) in [6.45, 7) is 4.91. The van der Waals surface area contributed by atoms with E-state index in [0.29, 0.717) is 25.8 Å². The minimum absolute atomic E-state index is 0.0469. The molecule has 0 amide bonds. The third kappa shape index (κ3) is 12.4. The first kappa shape index (κ1) is 37.2. The zero-order chi connectivity index (χ0) is 32.7. The smallest absolute Gasteiger partial charge is 0.334 e. The Hall–Kier alpha value is -1.03. The van der Waals surface area contributed by atoms with E-state index in [1.54, 1.807) is 0 Å². The fraction of sp³-hybridized carbons (Fsp3) is 0.923. The molecule has 0 unspecified atom stereocenters. The Morgan fingerprint density at radius 2 is 1.13 bits per heavy atom. The molecule has 0 N–H and O–H groups in total. The van der Waals surface area contributed by atoms with E-state index in [-0.39, 0.29) is 48.7 Å². The van der Waals surface area contributed by atoms with Crippen molar-refractivity contribution in [2.45, 2.75) is 216 Å². The van der Waals surface area contributed by atoms with E-state index in [1.165, 1.54) is 64.2 Å². The van der Waals surface area contributed by atoms with Gasteiger partial charge in [-0.15, -0.1) is 0 Å². The molecule has 8 heteroatoms. The molecule has 0 aliphatic carbocycles. The lowest BCUT2D eigenvalue weighted by molar-refractivity contribution is -0.181. The van der Waals surface area contributed by atoms with Gasteiger partial charge in [0.15, 0.2) is 0 Å². The van der Waals surface area contributed by atoms with Gasteiger partial charge in [0, 0.05) is 5.57 Å². The molecule has 47 heavy (non-hydrogen) atoms. The molecule has 5 aliphatic heterocycles. The van der Waals surface area contributed by atoms with Gasteiger partial charge >= 0.3 is 5.97 Å². The van der Waals surface area contributed by atoms with Gasteiger partial charge in [0.25, 0.3) is 0 Å². The van der Waals surface area contributed by atoms with Crippen LogP contribution in [0.5, 0.6) is 0 Å². The van der Waals surface area contributed by atoms with Crippen LogP contribution in [0.3, 0.4) is 0 Å². The van der Waals surface area contributed by atoms with Crippen LogP contribution in [0.2, 0.25) is 0 Å². The van der Waals surface area contributed by atoms with E-state index in [1.807, 2.05) is 13.0 Å². The van der Waals surface area contributed by atoms with Crippen LogP contribution < -0.4 is 0 Å². The van der Waals surface area contributed by atoms with Crippen molar-refractivity contribution in [1.82, 2.24) is 0 Å². The minimum atomic E-state index is -0.113. The van der Waals surface area contributed by atoms with Crippen LogP contribution in [-0.2, 0) is 38.0 Å². The molecule has 5 aliphatic rings. The largest absolute Gasteiger partial charge is 0.455 e. The zero-order valence-electron chi connectivity index (χ0n) is 29.7. The van der Waals surface area contributed by atoms with Gasteiger partial charge in [-0.3, -0.25) is 0 Å². The molecule has 0 saturated carbocycles. The number of rotatable bonds is 18. The lowest BCUT2D eigenvalue weighted by Gasteiger charge is -2.30. The topological polar surface area (TPSA) is 81.7 Å².